The van der Waals surface area contributed by atoms with Gasteiger partial charge in [-0.3, -0.25) is 4.79 Å². The fourth-order valence-corrected chi connectivity index (χ4v) is 1.31. The van der Waals surface area contributed by atoms with Crippen molar-refractivity contribution in [2.24, 2.45) is 5.92 Å². The van der Waals surface area contributed by atoms with Gasteiger partial charge in [0.15, 0.2) is 0 Å². The predicted molar refractivity (Wildman–Crippen MR) is 38.0 cm³/mol. The second-order valence-electron chi connectivity index (χ2n) is 3.64. The normalized spacial score (nSPS) is 31.2. The summed E-state index contributed by atoms with van der Waals surface area (Å²) in [5.74, 6) is -0.973. The summed E-state index contributed by atoms with van der Waals surface area (Å²) < 4.78 is -0.107. The Bertz CT molecular complexity index is 167. The Balaban J connectivity index is 2.35. The van der Waals surface area contributed by atoms with E-state index in [0.29, 0.717) is 12.8 Å². The molecule has 0 radical (unpaired) electrons. The molecule has 4 nitrogen and oxygen atoms in total. The number of hydroxylamine groups is 3. The Kier molecular flexibility index (Phi) is 1.90. The van der Waals surface area contributed by atoms with Gasteiger partial charge < -0.3 is 5.11 Å². The molecule has 64 valence electrons. The maximum Gasteiger partial charge on any atom is 0.306 e. The van der Waals surface area contributed by atoms with E-state index in [1.54, 1.807) is 14.1 Å². The predicted octanol–water partition coefficient (Wildman–Crippen LogP) is 0.315. The minimum Gasteiger partial charge on any atom is -0.481 e. The lowest BCUT2D eigenvalue weighted by Gasteiger charge is -2.39. The average molecular weight is 160 g/mol. The van der Waals surface area contributed by atoms with Crippen LogP contribution < -0.4 is 0 Å². The lowest BCUT2D eigenvalue weighted by atomic mass is 9.79. The number of hydrogen-bond donors (Lipinski definition) is 2. The summed E-state index contributed by atoms with van der Waals surface area (Å²) in [5.41, 5.74) is 0. The first-order valence-corrected chi connectivity index (χ1v) is 3.70. The van der Waals surface area contributed by atoms with Gasteiger partial charge >= 0.3 is 5.97 Å². The van der Waals surface area contributed by atoms with Gasteiger partial charge in [0.05, 0.1) is 20.0 Å². The summed E-state index contributed by atoms with van der Waals surface area (Å²) in [6.45, 7) is 0. The SMILES string of the molecule is C[N+](C)(O)C1CC(C(=O)O)C1. The molecular weight excluding hydrogens is 146 g/mol. The number of hydrogen-bond acceptors (Lipinski definition) is 2. The van der Waals surface area contributed by atoms with Gasteiger partial charge in [-0.05, 0) is 0 Å². The van der Waals surface area contributed by atoms with Crippen molar-refractivity contribution in [3.05, 3.63) is 0 Å². The zero-order valence-electron chi connectivity index (χ0n) is 6.82. The monoisotopic (exact) mass is 160 g/mol. The number of quaternary nitrogens is 1. The Morgan fingerprint density at radius 1 is 1.45 bits per heavy atom. The molecule has 1 aliphatic carbocycles. The molecule has 0 aromatic carbocycles. The van der Waals surface area contributed by atoms with Crippen LogP contribution >= 0.6 is 0 Å². The van der Waals surface area contributed by atoms with Crippen molar-refractivity contribution >= 4 is 5.97 Å². The second-order valence-corrected chi connectivity index (χ2v) is 3.64. The molecule has 1 rings (SSSR count). The lowest BCUT2D eigenvalue weighted by Crippen LogP contribution is -2.54. The summed E-state index contributed by atoms with van der Waals surface area (Å²) in [5, 5.41) is 17.9. The fourth-order valence-electron chi connectivity index (χ4n) is 1.31. The standard InChI is InChI=1S/C7H13NO3/c1-8(2,11)6-3-5(4-6)7(9)10/h5-6,11H,3-4H2,1-2H3/p+1. The molecular formula is C7H14NO3+. The number of nitrogens with zero attached hydrogens (tertiary/aromatic N) is 1. The maximum atomic E-state index is 10.4. The molecule has 0 aromatic heterocycles. The molecule has 0 unspecified atom stereocenters. The van der Waals surface area contributed by atoms with E-state index in [-0.39, 0.29) is 16.6 Å². The molecule has 0 heterocycles. The van der Waals surface area contributed by atoms with Crippen molar-refractivity contribution in [3.8, 4) is 0 Å². The van der Waals surface area contributed by atoms with E-state index in [2.05, 4.69) is 0 Å². The average Bonchev–Trinajstić information content (AvgIpc) is 1.51. The van der Waals surface area contributed by atoms with Gasteiger partial charge in [0, 0.05) is 12.8 Å². The van der Waals surface area contributed by atoms with Crippen LogP contribution in [-0.4, -0.2) is 41.1 Å². The molecule has 0 aliphatic heterocycles. The number of carboxylic acid groups (broad SMARTS) is 1. The van der Waals surface area contributed by atoms with Crippen molar-refractivity contribution in [1.29, 1.82) is 0 Å². The Morgan fingerprint density at radius 3 is 2.18 bits per heavy atom. The van der Waals surface area contributed by atoms with Crippen LogP contribution in [0.1, 0.15) is 12.8 Å². The van der Waals surface area contributed by atoms with E-state index in [9.17, 15) is 10.0 Å². The van der Waals surface area contributed by atoms with Crippen LogP contribution in [-0.2, 0) is 4.79 Å². The summed E-state index contributed by atoms with van der Waals surface area (Å²) >= 11 is 0. The second kappa shape index (κ2) is 2.46. The molecule has 0 amide bonds. The van der Waals surface area contributed by atoms with Crippen LogP contribution in [0.2, 0.25) is 0 Å². The third-order valence-corrected chi connectivity index (χ3v) is 2.36. The molecule has 0 aromatic rings. The minimum atomic E-state index is -0.741. The van der Waals surface area contributed by atoms with Crippen molar-refractivity contribution in [2.45, 2.75) is 18.9 Å². The Hall–Kier alpha value is -0.610. The molecule has 11 heavy (non-hydrogen) atoms. The highest BCUT2D eigenvalue weighted by atomic mass is 16.5. The highest BCUT2D eigenvalue weighted by Gasteiger charge is 2.44. The molecule has 1 fully saturated rings. The Labute approximate surface area is 65.6 Å². The van der Waals surface area contributed by atoms with E-state index in [4.69, 9.17) is 5.11 Å². The maximum absolute atomic E-state index is 10.4. The van der Waals surface area contributed by atoms with Crippen molar-refractivity contribution < 1.29 is 19.8 Å². The third kappa shape index (κ3) is 1.70. The van der Waals surface area contributed by atoms with E-state index >= 15 is 0 Å². The van der Waals surface area contributed by atoms with Gasteiger partial charge in [-0.1, -0.05) is 0 Å². The minimum absolute atomic E-state index is 0.107. The summed E-state index contributed by atoms with van der Waals surface area (Å²) in [6, 6.07) is 0.107. The zero-order chi connectivity index (χ0) is 8.65. The molecule has 0 bridgehead atoms. The van der Waals surface area contributed by atoms with Crippen molar-refractivity contribution in [1.82, 2.24) is 0 Å². The van der Waals surface area contributed by atoms with Crippen molar-refractivity contribution in [3.63, 3.8) is 0 Å². The van der Waals surface area contributed by atoms with Gasteiger partial charge in [0.25, 0.3) is 0 Å². The van der Waals surface area contributed by atoms with Gasteiger partial charge in [-0.25, -0.2) is 5.21 Å². The van der Waals surface area contributed by atoms with Gasteiger partial charge in [-0.2, -0.15) is 4.65 Å². The molecule has 0 spiro atoms. The quantitative estimate of drug-likeness (QED) is 0.451. The zero-order valence-corrected chi connectivity index (χ0v) is 6.82. The largest absolute Gasteiger partial charge is 0.481 e. The van der Waals surface area contributed by atoms with Crippen LogP contribution in [0.3, 0.4) is 0 Å². The smallest absolute Gasteiger partial charge is 0.306 e. The van der Waals surface area contributed by atoms with Crippen LogP contribution in [0.25, 0.3) is 0 Å². The lowest BCUT2D eigenvalue weighted by molar-refractivity contribution is -1.10. The van der Waals surface area contributed by atoms with Crippen LogP contribution in [0.4, 0.5) is 0 Å². The van der Waals surface area contributed by atoms with Crippen molar-refractivity contribution in [2.75, 3.05) is 14.1 Å². The molecule has 1 saturated carbocycles. The fraction of sp³-hybridized carbons (Fsp3) is 0.857. The number of carboxylic acids is 1. The first-order chi connectivity index (χ1) is 4.91. The van der Waals surface area contributed by atoms with E-state index in [1.807, 2.05) is 0 Å². The van der Waals surface area contributed by atoms with E-state index < -0.39 is 5.97 Å². The van der Waals surface area contributed by atoms with E-state index in [1.165, 1.54) is 0 Å². The summed E-state index contributed by atoms with van der Waals surface area (Å²) in [4.78, 5) is 10.4. The van der Waals surface area contributed by atoms with Gasteiger partial charge in [0.1, 0.15) is 6.04 Å². The van der Waals surface area contributed by atoms with Gasteiger partial charge in [-0.15, -0.1) is 0 Å². The number of aliphatic carboxylic acids is 1. The summed E-state index contributed by atoms with van der Waals surface area (Å²) in [7, 11) is 3.34. The highest BCUT2D eigenvalue weighted by molar-refractivity contribution is 5.71. The first kappa shape index (κ1) is 8.49. The van der Waals surface area contributed by atoms with Crippen LogP contribution in [0.15, 0.2) is 0 Å². The van der Waals surface area contributed by atoms with Gasteiger partial charge in [0.2, 0.25) is 0 Å². The van der Waals surface area contributed by atoms with Crippen LogP contribution in [0.5, 0.6) is 0 Å². The van der Waals surface area contributed by atoms with Crippen LogP contribution in [0, 0.1) is 5.92 Å². The number of carbonyl (C=O) groups is 1. The molecule has 4 heteroatoms. The molecule has 0 saturated heterocycles. The topological polar surface area (TPSA) is 57.5 Å². The summed E-state index contributed by atoms with van der Waals surface area (Å²) in [6.07, 6.45) is 1.19. The third-order valence-electron chi connectivity index (χ3n) is 2.36. The molecule has 0 atom stereocenters. The number of rotatable bonds is 2. The molecule has 2 N–H and O–H groups in total. The molecule has 1 aliphatic rings. The van der Waals surface area contributed by atoms with E-state index in [0.717, 1.165) is 0 Å². The first-order valence-electron chi connectivity index (χ1n) is 3.70. The Morgan fingerprint density at radius 2 is 1.91 bits per heavy atom. The highest BCUT2D eigenvalue weighted by Crippen LogP contribution is 2.33.